The molecule has 1 unspecified atom stereocenters. The molecule has 1 heterocycles. The smallest absolute Gasteiger partial charge is 0.234 e. The average molecular weight is 469 g/mol. The molecule has 0 fully saturated rings. The molecule has 1 aromatic heterocycles. The first-order valence-corrected chi connectivity index (χ1v) is 11.8. The number of hydrogen-bond acceptors (Lipinski definition) is 6. The first kappa shape index (κ1) is 24.6. The van der Waals surface area contributed by atoms with Crippen LogP contribution in [0.2, 0.25) is 0 Å². The van der Waals surface area contributed by atoms with Crippen LogP contribution < -0.4 is 19.5 Å². The minimum atomic E-state index is -0.0173. The Labute approximate surface area is 200 Å². The lowest BCUT2D eigenvalue weighted by Crippen LogP contribution is -2.42. The minimum Gasteiger partial charge on any atom is -0.497 e. The van der Waals surface area contributed by atoms with E-state index < -0.39 is 0 Å². The number of carbonyl (C=O) groups excluding carboxylic acids is 1. The Balaban J connectivity index is 1.65. The van der Waals surface area contributed by atoms with Gasteiger partial charge in [-0.05, 0) is 60.2 Å². The molecular formula is C26H32N2O4S. The molecule has 1 amide bonds. The van der Waals surface area contributed by atoms with Crippen LogP contribution in [-0.2, 0) is 24.3 Å². The number of thiophene rings is 1. The van der Waals surface area contributed by atoms with Crippen LogP contribution in [0.25, 0.3) is 0 Å². The summed E-state index contributed by atoms with van der Waals surface area (Å²) in [6, 6.07) is 18.1. The fourth-order valence-corrected chi connectivity index (χ4v) is 4.44. The van der Waals surface area contributed by atoms with Crippen molar-refractivity contribution in [3.8, 4) is 17.2 Å². The highest BCUT2D eigenvalue weighted by atomic mass is 32.1. The van der Waals surface area contributed by atoms with Crippen LogP contribution in [0, 0.1) is 0 Å². The molecule has 33 heavy (non-hydrogen) atoms. The molecule has 0 saturated carbocycles. The molecule has 1 atom stereocenters. The summed E-state index contributed by atoms with van der Waals surface area (Å²) in [5.74, 6) is 2.12. The summed E-state index contributed by atoms with van der Waals surface area (Å²) in [4.78, 5) is 16.4. The third-order valence-corrected chi connectivity index (χ3v) is 6.43. The summed E-state index contributed by atoms with van der Waals surface area (Å²) in [6.07, 6.45) is 0.900. The molecule has 3 rings (SSSR count). The quantitative estimate of drug-likeness (QED) is 0.423. The molecule has 0 radical (unpaired) electrons. The molecular weight excluding hydrogens is 436 g/mol. The summed E-state index contributed by atoms with van der Waals surface area (Å²) in [7, 11) is 4.87. The molecule has 0 saturated heterocycles. The summed E-state index contributed by atoms with van der Waals surface area (Å²) >= 11 is 1.75. The number of carbonyl (C=O) groups is 1. The summed E-state index contributed by atoms with van der Waals surface area (Å²) in [5.41, 5.74) is 2.09. The number of rotatable bonds is 12. The third kappa shape index (κ3) is 7.23. The zero-order valence-electron chi connectivity index (χ0n) is 19.7. The highest BCUT2D eigenvalue weighted by molar-refractivity contribution is 7.09. The van der Waals surface area contributed by atoms with Gasteiger partial charge < -0.3 is 19.5 Å². The van der Waals surface area contributed by atoms with Crippen molar-refractivity contribution >= 4 is 17.2 Å². The first-order chi connectivity index (χ1) is 16.0. The number of nitrogens with zero attached hydrogens (tertiary/aromatic N) is 1. The van der Waals surface area contributed by atoms with E-state index in [1.807, 2.05) is 42.5 Å². The highest BCUT2D eigenvalue weighted by Gasteiger charge is 2.19. The monoisotopic (exact) mass is 468 g/mol. The van der Waals surface area contributed by atoms with Crippen molar-refractivity contribution in [2.45, 2.75) is 32.5 Å². The van der Waals surface area contributed by atoms with Gasteiger partial charge in [-0.2, -0.15) is 0 Å². The minimum absolute atomic E-state index is 0.0173. The van der Waals surface area contributed by atoms with Crippen molar-refractivity contribution in [2.75, 3.05) is 27.9 Å². The Bertz CT molecular complexity index is 1010. The van der Waals surface area contributed by atoms with Gasteiger partial charge in [0.25, 0.3) is 0 Å². The highest BCUT2D eigenvalue weighted by Crippen LogP contribution is 2.27. The predicted molar refractivity (Wildman–Crippen MR) is 132 cm³/mol. The summed E-state index contributed by atoms with van der Waals surface area (Å²) < 4.78 is 15.9. The van der Waals surface area contributed by atoms with Crippen LogP contribution >= 0.6 is 11.3 Å². The van der Waals surface area contributed by atoms with E-state index >= 15 is 0 Å². The van der Waals surface area contributed by atoms with E-state index in [0.29, 0.717) is 31.1 Å². The standard InChI is InChI=1S/C26H32N2O4S/c1-19(14-23-6-5-13-33-23)28(17-20-7-10-22(30-2)11-8-20)18-26(29)27-16-21-9-12-24(31-3)25(15-21)32-4/h5-13,15,19H,14,16-18H2,1-4H3,(H,27,29). The van der Waals surface area contributed by atoms with Gasteiger partial charge in [-0.25, -0.2) is 0 Å². The molecule has 6 nitrogen and oxygen atoms in total. The van der Waals surface area contributed by atoms with Crippen LogP contribution in [0.1, 0.15) is 22.9 Å². The van der Waals surface area contributed by atoms with Gasteiger partial charge in [0.15, 0.2) is 11.5 Å². The molecule has 0 aliphatic rings. The Morgan fingerprint density at radius 1 is 0.970 bits per heavy atom. The van der Waals surface area contributed by atoms with Crippen LogP contribution in [0.5, 0.6) is 17.2 Å². The zero-order chi connectivity index (χ0) is 23.6. The van der Waals surface area contributed by atoms with Crippen LogP contribution in [0.3, 0.4) is 0 Å². The normalized spacial score (nSPS) is 11.8. The van der Waals surface area contributed by atoms with Gasteiger partial charge in [-0.3, -0.25) is 9.69 Å². The van der Waals surface area contributed by atoms with Crippen molar-refractivity contribution in [2.24, 2.45) is 0 Å². The van der Waals surface area contributed by atoms with Crippen LogP contribution in [0.4, 0.5) is 0 Å². The van der Waals surface area contributed by atoms with E-state index in [2.05, 4.69) is 34.7 Å². The molecule has 7 heteroatoms. The lowest BCUT2D eigenvalue weighted by Gasteiger charge is -2.28. The average Bonchev–Trinajstić information content (AvgIpc) is 3.35. The van der Waals surface area contributed by atoms with Crippen LogP contribution in [0.15, 0.2) is 60.0 Å². The van der Waals surface area contributed by atoms with Gasteiger partial charge in [0.05, 0.1) is 27.9 Å². The van der Waals surface area contributed by atoms with Gasteiger partial charge in [-0.1, -0.05) is 24.3 Å². The summed E-state index contributed by atoms with van der Waals surface area (Å²) in [6.45, 7) is 3.59. The van der Waals surface area contributed by atoms with Crippen molar-refractivity contribution in [3.63, 3.8) is 0 Å². The fourth-order valence-electron chi connectivity index (χ4n) is 3.61. The first-order valence-electron chi connectivity index (χ1n) is 10.9. The lowest BCUT2D eigenvalue weighted by molar-refractivity contribution is -0.123. The van der Waals surface area contributed by atoms with E-state index in [4.69, 9.17) is 14.2 Å². The van der Waals surface area contributed by atoms with Gasteiger partial charge in [0, 0.05) is 24.0 Å². The van der Waals surface area contributed by atoms with Gasteiger partial charge in [0.2, 0.25) is 5.91 Å². The molecule has 0 aliphatic carbocycles. The molecule has 0 aliphatic heterocycles. The largest absolute Gasteiger partial charge is 0.497 e. The van der Waals surface area contributed by atoms with Crippen molar-refractivity contribution < 1.29 is 19.0 Å². The molecule has 1 N–H and O–H groups in total. The molecule has 0 spiro atoms. The van der Waals surface area contributed by atoms with Crippen molar-refractivity contribution in [1.29, 1.82) is 0 Å². The zero-order valence-corrected chi connectivity index (χ0v) is 20.5. The molecule has 176 valence electrons. The van der Waals surface area contributed by atoms with Crippen molar-refractivity contribution in [1.82, 2.24) is 10.2 Å². The Morgan fingerprint density at radius 3 is 2.33 bits per heavy atom. The SMILES string of the molecule is COc1ccc(CN(CC(=O)NCc2ccc(OC)c(OC)c2)C(C)Cc2cccs2)cc1. The second-order valence-electron chi connectivity index (χ2n) is 7.85. The number of methoxy groups -OCH3 is 3. The maximum atomic E-state index is 12.9. The molecule has 0 bridgehead atoms. The van der Waals surface area contributed by atoms with E-state index in [1.54, 1.807) is 32.7 Å². The third-order valence-electron chi connectivity index (χ3n) is 5.53. The number of hydrogen-bond donors (Lipinski definition) is 1. The maximum Gasteiger partial charge on any atom is 0.234 e. The van der Waals surface area contributed by atoms with E-state index in [1.165, 1.54) is 4.88 Å². The van der Waals surface area contributed by atoms with Gasteiger partial charge in [0.1, 0.15) is 5.75 Å². The topological polar surface area (TPSA) is 60.0 Å². The fraction of sp³-hybridized carbons (Fsp3) is 0.346. The van der Waals surface area contributed by atoms with E-state index in [9.17, 15) is 4.79 Å². The number of amides is 1. The predicted octanol–water partition coefficient (Wildman–Crippen LogP) is 4.52. The molecule has 3 aromatic rings. The number of benzene rings is 2. The van der Waals surface area contributed by atoms with E-state index in [-0.39, 0.29) is 11.9 Å². The molecule has 2 aromatic carbocycles. The summed E-state index contributed by atoms with van der Waals surface area (Å²) in [5, 5.41) is 5.13. The second-order valence-corrected chi connectivity index (χ2v) is 8.88. The van der Waals surface area contributed by atoms with Gasteiger partial charge in [-0.15, -0.1) is 11.3 Å². The Kier molecular flexibility index (Phi) is 9.15. The Hall–Kier alpha value is -3.03. The number of ether oxygens (including phenoxy) is 3. The maximum absolute atomic E-state index is 12.9. The van der Waals surface area contributed by atoms with E-state index in [0.717, 1.165) is 23.3 Å². The van der Waals surface area contributed by atoms with Crippen molar-refractivity contribution in [3.05, 3.63) is 76.0 Å². The van der Waals surface area contributed by atoms with Crippen LogP contribution in [-0.4, -0.2) is 44.7 Å². The Morgan fingerprint density at radius 2 is 1.70 bits per heavy atom. The van der Waals surface area contributed by atoms with Gasteiger partial charge >= 0.3 is 0 Å². The lowest BCUT2D eigenvalue weighted by atomic mass is 10.1. The number of nitrogens with one attached hydrogen (secondary N) is 1. The second kappa shape index (κ2) is 12.3.